The third kappa shape index (κ3) is 5.46. The van der Waals surface area contributed by atoms with Gasteiger partial charge in [-0.3, -0.25) is 4.79 Å². The summed E-state index contributed by atoms with van der Waals surface area (Å²) in [6.07, 6.45) is 3.38. The van der Waals surface area contributed by atoms with Crippen molar-refractivity contribution < 1.29 is 27.9 Å². The number of phenolic OH excluding ortho intramolecular Hbond substituents is 1. The largest absolute Gasteiger partial charge is 0.508 e. The fourth-order valence-electron chi connectivity index (χ4n) is 3.58. The van der Waals surface area contributed by atoms with E-state index in [1.807, 2.05) is 0 Å². The Kier molecular flexibility index (Phi) is 7.19. The van der Waals surface area contributed by atoms with E-state index in [-0.39, 0.29) is 29.8 Å². The highest BCUT2D eigenvalue weighted by molar-refractivity contribution is 7.89. The lowest BCUT2D eigenvalue weighted by atomic mass is 10.0. The number of nitrogens with one attached hydrogen (secondary N) is 1. The molecule has 1 aromatic carbocycles. The van der Waals surface area contributed by atoms with E-state index in [4.69, 9.17) is 4.74 Å². The molecular weight excluding hydrogens is 436 g/mol. The predicted octanol–water partition coefficient (Wildman–Crippen LogP) is 0.958. The summed E-state index contributed by atoms with van der Waals surface area (Å²) in [7, 11) is -2.29. The maximum absolute atomic E-state index is 13.1. The van der Waals surface area contributed by atoms with E-state index in [0.717, 1.165) is 4.31 Å². The highest BCUT2D eigenvalue weighted by Gasteiger charge is 2.41. The molecule has 11 heteroatoms. The van der Waals surface area contributed by atoms with Gasteiger partial charge in [0.1, 0.15) is 17.8 Å². The third-order valence-electron chi connectivity index (χ3n) is 5.09. The second kappa shape index (κ2) is 9.70. The van der Waals surface area contributed by atoms with Crippen molar-refractivity contribution in [3.63, 3.8) is 0 Å². The number of benzene rings is 1. The summed E-state index contributed by atoms with van der Waals surface area (Å²) in [6.45, 7) is 3.60. The molecule has 0 saturated carbocycles. The first-order chi connectivity index (χ1) is 15.1. The normalized spacial score (nSPS) is 17.9. The van der Waals surface area contributed by atoms with Crippen LogP contribution in [0.5, 0.6) is 5.75 Å². The van der Waals surface area contributed by atoms with Crippen LogP contribution in [0.4, 0.5) is 0 Å². The number of phenols is 1. The molecule has 32 heavy (non-hydrogen) atoms. The van der Waals surface area contributed by atoms with E-state index in [0.29, 0.717) is 18.4 Å². The van der Waals surface area contributed by atoms with Gasteiger partial charge in [-0.25, -0.2) is 18.2 Å². The summed E-state index contributed by atoms with van der Waals surface area (Å²) in [5.74, 6) is -1.09. The molecule has 1 aromatic heterocycles. The molecule has 3 rings (SSSR count). The molecule has 0 unspecified atom stereocenters. The summed E-state index contributed by atoms with van der Waals surface area (Å²) < 4.78 is 34.0. The van der Waals surface area contributed by atoms with Crippen LogP contribution in [0.2, 0.25) is 0 Å². The summed E-state index contributed by atoms with van der Waals surface area (Å²) in [4.78, 5) is 29.7. The molecule has 0 aliphatic carbocycles. The Balaban J connectivity index is 1.79. The van der Waals surface area contributed by atoms with Gasteiger partial charge in [-0.15, -0.1) is 0 Å². The quantitative estimate of drug-likeness (QED) is 0.556. The molecular formula is C21H28N4O6S. The number of sulfonamides is 1. The van der Waals surface area contributed by atoms with Gasteiger partial charge >= 0.3 is 5.97 Å². The molecule has 2 N–H and O–H groups in total. The van der Waals surface area contributed by atoms with Crippen LogP contribution in [-0.4, -0.2) is 64.0 Å². The highest BCUT2D eigenvalue weighted by atomic mass is 32.2. The molecule has 1 aliphatic heterocycles. The molecule has 10 nitrogen and oxygen atoms in total. The summed E-state index contributed by atoms with van der Waals surface area (Å²) in [6, 6.07) is 4.31. The Labute approximate surface area is 187 Å². The molecule has 0 bridgehead atoms. The number of amides is 1. The van der Waals surface area contributed by atoms with Gasteiger partial charge in [0, 0.05) is 26.2 Å². The summed E-state index contributed by atoms with van der Waals surface area (Å²) in [5, 5.41) is 12.0. The Morgan fingerprint density at radius 2 is 1.97 bits per heavy atom. The van der Waals surface area contributed by atoms with E-state index < -0.39 is 34.0 Å². The number of carbonyl (C=O) groups excluding carboxylic acids is 2. The summed E-state index contributed by atoms with van der Waals surface area (Å²) >= 11 is 0. The van der Waals surface area contributed by atoms with Crippen LogP contribution < -0.4 is 5.32 Å². The van der Waals surface area contributed by atoms with Crippen molar-refractivity contribution in [1.29, 1.82) is 0 Å². The van der Waals surface area contributed by atoms with E-state index >= 15 is 0 Å². The molecule has 1 amide bonds. The van der Waals surface area contributed by atoms with Gasteiger partial charge in [0.05, 0.1) is 12.4 Å². The second-order valence-electron chi connectivity index (χ2n) is 8.07. The topological polar surface area (TPSA) is 131 Å². The maximum Gasteiger partial charge on any atom is 0.329 e. The zero-order valence-corrected chi connectivity index (χ0v) is 19.1. The number of esters is 1. The van der Waals surface area contributed by atoms with Gasteiger partial charge in [-0.2, -0.15) is 4.31 Å². The molecule has 1 saturated heterocycles. The van der Waals surface area contributed by atoms with Crippen LogP contribution in [0, 0.1) is 0 Å². The van der Waals surface area contributed by atoms with E-state index in [9.17, 15) is 23.1 Å². The average Bonchev–Trinajstić information content (AvgIpc) is 3.38. The van der Waals surface area contributed by atoms with Crippen LogP contribution in [-0.2, 0) is 37.8 Å². The monoisotopic (exact) mass is 464 g/mol. The van der Waals surface area contributed by atoms with Crippen LogP contribution in [0.1, 0.15) is 32.3 Å². The fraction of sp³-hybridized carbons (Fsp3) is 0.476. The van der Waals surface area contributed by atoms with Crippen LogP contribution in [0.15, 0.2) is 41.8 Å². The summed E-state index contributed by atoms with van der Waals surface area (Å²) in [5.41, 5.74) is 0.707. The number of carbonyl (C=O) groups is 2. The van der Waals surface area contributed by atoms with Gasteiger partial charge < -0.3 is 19.7 Å². The van der Waals surface area contributed by atoms with Crippen LogP contribution >= 0.6 is 0 Å². The molecule has 1 fully saturated rings. The first kappa shape index (κ1) is 23.7. The number of rotatable bonds is 8. The van der Waals surface area contributed by atoms with E-state index in [1.54, 1.807) is 33.0 Å². The SMILES string of the molecule is CC(C)OC(=O)[C@H](Cc1ccc(O)cc1)NC(=O)[C@@H]1CCCN1S(=O)(=O)c1cn(C)cn1. The second-order valence-corrected chi connectivity index (χ2v) is 9.91. The first-order valence-corrected chi connectivity index (χ1v) is 11.8. The van der Waals surface area contributed by atoms with Crippen LogP contribution in [0.25, 0.3) is 0 Å². The number of ether oxygens (including phenoxy) is 1. The zero-order chi connectivity index (χ0) is 23.5. The highest BCUT2D eigenvalue weighted by Crippen LogP contribution is 2.25. The number of imidazole rings is 1. The zero-order valence-electron chi connectivity index (χ0n) is 18.3. The van der Waals surface area contributed by atoms with Crippen molar-refractivity contribution in [1.82, 2.24) is 19.2 Å². The number of nitrogens with zero attached hydrogens (tertiary/aromatic N) is 3. The van der Waals surface area contributed by atoms with E-state index in [1.165, 1.54) is 29.2 Å². The van der Waals surface area contributed by atoms with E-state index in [2.05, 4.69) is 10.3 Å². The van der Waals surface area contributed by atoms with Crippen molar-refractivity contribution >= 4 is 21.9 Å². The van der Waals surface area contributed by atoms with Crippen molar-refractivity contribution in [2.45, 2.75) is 56.3 Å². The fourth-order valence-corrected chi connectivity index (χ4v) is 5.20. The molecule has 2 atom stereocenters. The number of aryl methyl sites for hydroxylation is 1. The van der Waals surface area contributed by atoms with Gasteiger partial charge in [0.2, 0.25) is 5.91 Å². The molecule has 2 aromatic rings. The average molecular weight is 465 g/mol. The number of aromatic hydroxyl groups is 1. The Morgan fingerprint density at radius 3 is 2.56 bits per heavy atom. The molecule has 174 valence electrons. The van der Waals surface area contributed by atoms with Gasteiger partial charge in [-0.05, 0) is 44.4 Å². The maximum atomic E-state index is 13.1. The Morgan fingerprint density at radius 1 is 1.28 bits per heavy atom. The molecule has 0 spiro atoms. The molecule has 1 aliphatic rings. The van der Waals surface area contributed by atoms with Gasteiger partial charge in [-0.1, -0.05) is 12.1 Å². The van der Waals surface area contributed by atoms with Crippen molar-refractivity contribution in [2.24, 2.45) is 7.05 Å². The van der Waals surface area contributed by atoms with Gasteiger partial charge in [0.15, 0.2) is 5.03 Å². The van der Waals surface area contributed by atoms with Gasteiger partial charge in [0.25, 0.3) is 10.0 Å². The Bertz CT molecular complexity index is 1060. The predicted molar refractivity (Wildman–Crippen MR) is 115 cm³/mol. The number of aromatic nitrogens is 2. The minimum Gasteiger partial charge on any atom is -0.508 e. The Hall–Kier alpha value is -2.92. The third-order valence-corrected chi connectivity index (χ3v) is 6.88. The minimum atomic E-state index is -3.95. The standard InChI is InChI=1S/C21H28N4O6S/c1-14(2)31-21(28)17(11-15-6-8-16(26)9-7-15)23-20(27)18-5-4-10-25(18)32(29,30)19-12-24(3)13-22-19/h6-9,12-14,17-18,26H,4-5,10-11H2,1-3H3,(H,23,27)/t17-,18-/m0/s1. The minimum absolute atomic E-state index is 0.0837. The van der Waals surface area contributed by atoms with Crippen molar-refractivity contribution in [3.05, 3.63) is 42.4 Å². The van der Waals surface area contributed by atoms with Crippen molar-refractivity contribution in [3.8, 4) is 5.75 Å². The number of hydrogen-bond acceptors (Lipinski definition) is 7. The van der Waals surface area contributed by atoms with Crippen molar-refractivity contribution in [2.75, 3.05) is 6.54 Å². The molecule has 0 radical (unpaired) electrons. The lowest BCUT2D eigenvalue weighted by molar-refractivity contribution is -0.151. The lowest BCUT2D eigenvalue weighted by Gasteiger charge is -2.25. The smallest absolute Gasteiger partial charge is 0.329 e. The first-order valence-electron chi connectivity index (χ1n) is 10.4. The van der Waals surface area contributed by atoms with Crippen LogP contribution in [0.3, 0.4) is 0 Å². The lowest BCUT2D eigenvalue weighted by Crippen LogP contribution is -2.52. The number of hydrogen-bond donors (Lipinski definition) is 2. The molecule has 2 heterocycles.